The zero-order valence-corrected chi connectivity index (χ0v) is 18.5. The highest BCUT2D eigenvalue weighted by atomic mass is 16.4. The molecule has 1 saturated carbocycles. The fraction of sp³-hybridized carbons (Fsp3) is 0.269. The number of hydrogen-bond donors (Lipinski definition) is 2. The molecular formula is C26H24N4O4. The molecular weight excluding hydrogens is 432 g/mol. The summed E-state index contributed by atoms with van der Waals surface area (Å²) in [5.41, 5.74) is 1.96. The molecule has 34 heavy (non-hydrogen) atoms. The number of carbonyl (C=O) groups is 2. The zero-order chi connectivity index (χ0) is 24.1. The number of amides is 1. The van der Waals surface area contributed by atoms with Crippen molar-refractivity contribution >= 4 is 11.9 Å². The molecule has 1 fully saturated rings. The van der Waals surface area contributed by atoms with Crippen LogP contribution in [0.15, 0.2) is 65.5 Å². The number of carboxylic acids is 1. The average Bonchev–Trinajstić information content (AvgIpc) is 2.86. The Bertz CT molecular complexity index is 1290. The van der Waals surface area contributed by atoms with Gasteiger partial charge in [0.1, 0.15) is 5.56 Å². The molecule has 4 rings (SSSR count). The van der Waals surface area contributed by atoms with Crippen LogP contribution in [0.4, 0.5) is 0 Å². The molecule has 0 aliphatic heterocycles. The highest BCUT2D eigenvalue weighted by Crippen LogP contribution is 2.25. The highest BCUT2D eigenvalue weighted by molar-refractivity contribution is 5.95. The number of benzene rings is 2. The molecule has 0 radical (unpaired) electrons. The van der Waals surface area contributed by atoms with Gasteiger partial charge in [-0.3, -0.25) is 14.4 Å². The first-order valence-electron chi connectivity index (χ1n) is 11.1. The molecule has 0 bridgehead atoms. The van der Waals surface area contributed by atoms with Crippen LogP contribution in [0.25, 0.3) is 11.3 Å². The zero-order valence-electron chi connectivity index (χ0n) is 18.5. The van der Waals surface area contributed by atoms with Crippen LogP contribution >= 0.6 is 0 Å². The lowest BCUT2D eigenvalue weighted by atomic mass is 9.86. The maximum Gasteiger partial charge on any atom is 0.306 e. The molecule has 172 valence electrons. The Hall–Kier alpha value is -4.25. The normalized spacial score (nSPS) is 17.5. The summed E-state index contributed by atoms with van der Waals surface area (Å²) in [5.74, 6) is -1.70. The summed E-state index contributed by atoms with van der Waals surface area (Å²) in [7, 11) is 0. The van der Waals surface area contributed by atoms with Crippen molar-refractivity contribution in [1.82, 2.24) is 15.1 Å². The van der Waals surface area contributed by atoms with E-state index in [1.165, 1.54) is 10.7 Å². The van der Waals surface area contributed by atoms with Crippen LogP contribution in [-0.4, -0.2) is 32.8 Å². The Labute approximate surface area is 196 Å². The van der Waals surface area contributed by atoms with Gasteiger partial charge in [-0.1, -0.05) is 42.5 Å². The third-order valence-electron chi connectivity index (χ3n) is 6.12. The average molecular weight is 457 g/mol. The largest absolute Gasteiger partial charge is 0.481 e. The first-order chi connectivity index (χ1) is 16.4. The predicted octanol–water partition coefficient (Wildman–Crippen LogP) is 3.20. The number of carbonyl (C=O) groups excluding carboxylic acids is 1. The van der Waals surface area contributed by atoms with Gasteiger partial charge >= 0.3 is 5.97 Å². The summed E-state index contributed by atoms with van der Waals surface area (Å²) in [4.78, 5) is 37.5. The van der Waals surface area contributed by atoms with Gasteiger partial charge in [0.2, 0.25) is 0 Å². The number of aliphatic carboxylic acids is 1. The molecule has 3 aromatic rings. The van der Waals surface area contributed by atoms with E-state index in [2.05, 4.69) is 16.5 Å². The van der Waals surface area contributed by atoms with E-state index in [1.54, 1.807) is 24.3 Å². The summed E-state index contributed by atoms with van der Waals surface area (Å²) in [6.45, 7) is 0.202. The fourth-order valence-electron chi connectivity index (χ4n) is 4.17. The number of rotatable bonds is 6. The van der Waals surface area contributed by atoms with Gasteiger partial charge < -0.3 is 10.4 Å². The van der Waals surface area contributed by atoms with E-state index in [1.807, 2.05) is 30.3 Å². The number of hydrogen-bond acceptors (Lipinski definition) is 5. The van der Waals surface area contributed by atoms with Crippen molar-refractivity contribution in [3.05, 3.63) is 87.7 Å². The van der Waals surface area contributed by atoms with Gasteiger partial charge in [0.15, 0.2) is 0 Å². The lowest BCUT2D eigenvalue weighted by molar-refractivity contribution is -0.142. The maximum absolute atomic E-state index is 13.2. The second kappa shape index (κ2) is 10.1. The van der Waals surface area contributed by atoms with Crippen molar-refractivity contribution in [2.75, 3.05) is 0 Å². The van der Waals surface area contributed by atoms with Gasteiger partial charge in [-0.25, -0.2) is 4.68 Å². The number of carboxylic acid groups (broad SMARTS) is 1. The third kappa shape index (κ3) is 5.21. The fourth-order valence-corrected chi connectivity index (χ4v) is 4.17. The quantitative estimate of drug-likeness (QED) is 0.587. The van der Waals surface area contributed by atoms with E-state index in [0.29, 0.717) is 42.5 Å². The number of nitriles is 1. The van der Waals surface area contributed by atoms with Crippen LogP contribution in [0.5, 0.6) is 0 Å². The lowest BCUT2D eigenvalue weighted by Crippen LogP contribution is -2.42. The molecule has 0 atom stereocenters. The summed E-state index contributed by atoms with van der Waals surface area (Å²) in [5, 5.41) is 25.7. The van der Waals surface area contributed by atoms with E-state index < -0.39 is 17.4 Å². The number of nitrogens with one attached hydrogen (secondary N) is 1. The van der Waals surface area contributed by atoms with Crippen LogP contribution in [0, 0.1) is 17.2 Å². The van der Waals surface area contributed by atoms with Crippen molar-refractivity contribution < 1.29 is 14.7 Å². The van der Waals surface area contributed by atoms with Gasteiger partial charge in [0, 0.05) is 11.6 Å². The number of nitrogens with zero attached hydrogens (tertiary/aromatic N) is 3. The van der Waals surface area contributed by atoms with E-state index >= 15 is 0 Å². The van der Waals surface area contributed by atoms with Crippen molar-refractivity contribution in [3.63, 3.8) is 0 Å². The standard InChI is InChI=1S/C26H24N4O4/c27-15-17-6-8-19(9-7-17)23-14-22(24(31)28-21-12-10-20(11-13-21)26(33)34)25(32)30(29-23)16-18-4-2-1-3-5-18/h1-9,14,20-21H,10-13,16H2,(H,28,31)(H,33,34). The van der Waals surface area contributed by atoms with Crippen LogP contribution in [0.1, 0.15) is 47.2 Å². The van der Waals surface area contributed by atoms with Crippen molar-refractivity contribution in [2.45, 2.75) is 38.3 Å². The Morgan fingerprint density at radius 1 is 1.06 bits per heavy atom. The minimum Gasteiger partial charge on any atom is -0.481 e. The molecule has 2 aromatic carbocycles. The Balaban J connectivity index is 1.65. The predicted molar refractivity (Wildman–Crippen MR) is 125 cm³/mol. The second-order valence-electron chi connectivity index (χ2n) is 8.44. The summed E-state index contributed by atoms with van der Waals surface area (Å²) in [6, 6.07) is 19.5. The molecule has 0 saturated heterocycles. The van der Waals surface area contributed by atoms with Crippen LogP contribution in [0.3, 0.4) is 0 Å². The summed E-state index contributed by atoms with van der Waals surface area (Å²) >= 11 is 0. The molecule has 2 N–H and O–H groups in total. The molecule has 8 heteroatoms. The first kappa shape index (κ1) is 22.9. The van der Waals surface area contributed by atoms with Gasteiger partial charge in [0.05, 0.1) is 29.8 Å². The maximum atomic E-state index is 13.2. The molecule has 1 heterocycles. The molecule has 8 nitrogen and oxygen atoms in total. The van der Waals surface area contributed by atoms with Crippen molar-refractivity contribution in [1.29, 1.82) is 5.26 Å². The Morgan fingerprint density at radius 3 is 2.35 bits per heavy atom. The van der Waals surface area contributed by atoms with Crippen LogP contribution in [-0.2, 0) is 11.3 Å². The minimum atomic E-state index is -0.810. The Kier molecular flexibility index (Phi) is 6.83. The topological polar surface area (TPSA) is 125 Å². The lowest BCUT2D eigenvalue weighted by Gasteiger charge is -2.26. The molecule has 1 aliphatic carbocycles. The smallest absolute Gasteiger partial charge is 0.306 e. The third-order valence-corrected chi connectivity index (χ3v) is 6.12. The van der Waals surface area contributed by atoms with E-state index in [4.69, 9.17) is 5.26 Å². The van der Waals surface area contributed by atoms with E-state index in [0.717, 1.165) is 5.56 Å². The van der Waals surface area contributed by atoms with Gasteiger partial charge in [-0.2, -0.15) is 10.4 Å². The molecule has 1 aromatic heterocycles. The highest BCUT2D eigenvalue weighted by Gasteiger charge is 2.28. The van der Waals surface area contributed by atoms with E-state index in [9.17, 15) is 19.5 Å². The minimum absolute atomic E-state index is 0.0225. The van der Waals surface area contributed by atoms with Crippen LogP contribution < -0.4 is 10.9 Å². The summed E-state index contributed by atoms with van der Waals surface area (Å²) in [6.07, 6.45) is 2.08. The van der Waals surface area contributed by atoms with Crippen LogP contribution in [0.2, 0.25) is 0 Å². The first-order valence-corrected chi connectivity index (χ1v) is 11.1. The SMILES string of the molecule is N#Cc1ccc(-c2cc(C(=O)NC3CCC(C(=O)O)CC3)c(=O)n(Cc3ccccc3)n2)cc1. The Morgan fingerprint density at radius 2 is 1.74 bits per heavy atom. The van der Waals surface area contributed by atoms with Gasteiger partial charge in [-0.15, -0.1) is 0 Å². The molecule has 0 spiro atoms. The van der Waals surface area contributed by atoms with Gasteiger partial charge in [-0.05, 0) is 49.4 Å². The molecule has 0 unspecified atom stereocenters. The summed E-state index contributed by atoms with van der Waals surface area (Å²) < 4.78 is 1.28. The molecule has 1 amide bonds. The monoisotopic (exact) mass is 456 g/mol. The second-order valence-corrected chi connectivity index (χ2v) is 8.44. The van der Waals surface area contributed by atoms with Gasteiger partial charge in [0.25, 0.3) is 11.5 Å². The number of aromatic nitrogens is 2. The van der Waals surface area contributed by atoms with Crippen molar-refractivity contribution in [2.24, 2.45) is 5.92 Å². The van der Waals surface area contributed by atoms with Crippen molar-refractivity contribution in [3.8, 4) is 17.3 Å². The molecule has 1 aliphatic rings. The van der Waals surface area contributed by atoms with E-state index in [-0.39, 0.29) is 24.1 Å².